The Kier molecular flexibility index (Phi) is 3.71. The molecular formula is C11H10ClN3OS. The van der Waals surface area contributed by atoms with Crippen LogP contribution in [0.1, 0.15) is 21.1 Å². The van der Waals surface area contributed by atoms with Gasteiger partial charge in [0.15, 0.2) is 4.47 Å². The molecule has 0 aliphatic carbocycles. The number of carbonyl (C=O) groups is 1. The van der Waals surface area contributed by atoms with E-state index in [2.05, 4.69) is 15.3 Å². The number of nitrogens with one attached hydrogen (secondary N) is 1. The van der Waals surface area contributed by atoms with Gasteiger partial charge in [0.2, 0.25) is 0 Å². The van der Waals surface area contributed by atoms with Crippen molar-refractivity contribution in [2.45, 2.75) is 13.5 Å². The number of hydrogen-bond donors (Lipinski definition) is 1. The topological polar surface area (TPSA) is 54.9 Å². The Morgan fingerprint density at radius 2 is 2.35 bits per heavy atom. The molecule has 17 heavy (non-hydrogen) atoms. The Hall–Kier alpha value is -1.46. The summed E-state index contributed by atoms with van der Waals surface area (Å²) in [6, 6.07) is 5.56. The minimum atomic E-state index is -0.169. The van der Waals surface area contributed by atoms with Crippen LogP contribution < -0.4 is 5.32 Å². The van der Waals surface area contributed by atoms with Crippen LogP contribution in [0.25, 0.3) is 0 Å². The number of nitrogens with zero attached hydrogens (tertiary/aromatic N) is 2. The van der Waals surface area contributed by atoms with Crippen molar-refractivity contribution >= 4 is 28.8 Å². The zero-order chi connectivity index (χ0) is 12.3. The lowest BCUT2D eigenvalue weighted by Crippen LogP contribution is -2.23. The molecule has 6 heteroatoms. The van der Waals surface area contributed by atoms with Crippen LogP contribution in [0.3, 0.4) is 0 Å². The van der Waals surface area contributed by atoms with Crippen LogP contribution in [0.15, 0.2) is 24.4 Å². The van der Waals surface area contributed by atoms with Gasteiger partial charge in [-0.15, -0.1) is 0 Å². The van der Waals surface area contributed by atoms with Gasteiger partial charge in [0.25, 0.3) is 5.91 Å². The fourth-order valence-corrected chi connectivity index (χ4v) is 2.40. The van der Waals surface area contributed by atoms with Crippen molar-refractivity contribution in [2.75, 3.05) is 0 Å². The molecule has 2 aromatic heterocycles. The smallest absolute Gasteiger partial charge is 0.263 e. The Morgan fingerprint density at radius 1 is 1.53 bits per heavy atom. The molecule has 0 bridgehead atoms. The predicted octanol–water partition coefficient (Wildman–Crippen LogP) is 2.43. The minimum Gasteiger partial charge on any atom is -0.346 e. The molecule has 0 aliphatic heterocycles. The van der Waals surface area contributed by atoms with Crippen molar-refractivity contribution in [3.05, 3.63) is 45.1 Å². The molecule has 0 atom stereocenters. The molecule has 0 aromatic carbocycles. The van der Waals surface area contributed by atoms with Gasteiger partial charge < -0.3 is 5.32 Å². The van der Waals surface area contributed by atoms with E-state index in [-0.39, 0.29) is 5.91 Å². The SMILES string of the molecule is Cc1nc(Cl)sc1C(=O)NCc1ccccn1. The summed E-state index contributed by atoms with van der Waals surface area (Å²) in [6.45, 7) is 2.16. The first-order valence-electron chi connectivity index (χ1n) is 4.98. The number of amides is 1. The van der Waals surface area contributed by atoms with Gasteiger partial charge in [-0.2, -0.15) is 0 Å². The van der Waals surface area contributed by atoms with Crippen molar-refractivity contribution < 1.29 is 4.79 Å². The van der Waals surface area contributed by atoms with Gasteiger partial charge in [0.1, 0.15) is 4.88 Å². The van der Waals surface area contributed by atoms with E-state index in [9.17, 15) is 4.79 Å². The standard InChI is InChI=1S/C11H10ClN3OS/c1-7-9(17-11(12)15-7)10(16)14-6-8-4-2-3-5-13-8/h2-5H,6H2,1H3,(H,14,16). The lowest BCUT2D eigenvalue weighted by atomic mass is 10.3. The first kappa shape index (κ1) is 12.0. The van der Waals surface area contributed by atoms with Gasteiger partial charge >= 0.3 is 0 Å². The summed E-state index contributed by atoms with van der Waals surface area (Å²) in [4.78, 5) is 20.5. The van der Waals surface area contributed by atoms with Gasteiger partial charge in [-0.3, -0.25) is 9.78 Å². The van der Waals surface area contributed by atoms with E-state index in [4.69, 9.17) is 11.6 Å². The second kappa shape index (κ2) is 5.25. The van der Waals surface area contributed by atoms with Gasteiger partial charge in [0, 0.05) is 6.20 Å². The summed E-state index contributed by atoms with van der Waals surface area (Å²) in [5.74, 6) is -0.169. The maximum Gasteiger partial charge on any atom is 0.263 e. The predicted molar refractivity (Wildman–Crippen MR) is 67.3 cm³/mol. The largest absolute Gasteiger partial charge is 0.346 e. The average molecular weight is 268 g/mol. The number of aryl methyl sites for hydroxylation is 1. The molecule has 1 N–H and O–H groups in total. The van der Waals surface area contributed by atoms with Crippen molar-refractivity contribution in [3.8, 4) is 0 Å². The summed E-state index contributed by atoms with van der Waals surface area (Å²) in [5, 5.41) is 2.78. The van der Waals surface area contributed by atoms with E-state index in [0.717, 1.165) is 5.69 Å². The number of hydrogen-bond acceptors (Lipinski definition) is 4. The van der Waals surface area contributed by atoms with E-state index < -0.39 is 0 Å². The van der Waals surface area contributed by atoms with Gasteiger partial charge in [-0.1, -0.05) is 29.0 Å². The number of pyridine rings is 1. The molecule has 88 valence electrons. The first-order chi connectivity index (χ1) is 8.16. The number of aromatic nitrogens is 2. The molecule has 0 spiro atoms. The molecule has 2 aromatic rings. The van der Waals surface area contributed by atoms with Crippen LogP contribution in [0.2, 0.25) is 4.47 Å². The van der Waals surface area contributed by atoms with Gasteiger partial charge in [0.05, 0.1) is 17.9 Å². The molecule has 0 radical (unpaired) electrons. The molecule has 0 saturated heterocycles. The number of halogens is 1. The van der Waals surface area contributed by atoms with Crippen molar-refractivity contribution in [2.24, 2.45) is 0 Å². The molecule has 0 saturated carbocycles. The molecule has 0 unspecified atom stereocenters. The highest BCUT2D eigenvalue weighted by molar-refractivity contribution is 7.17. The fraction of sp³-hybridized carbons (Fsp3) is 0.182. The first-order valence-corrected chi connectivity index (χ1v) is 6.17. The molecule has 1 amide bonds. The summed E-state index contributed by atoms with van der Waals surface area (Å²) in [6.07, 6.45) is 1.69. The highest BCUT2D eigenvalue weighted by Gasteiger charge is 2.13. The second-order valence-corrected chi connectivity index (χ2v) is 4.97. The zero-order valence-corrected chi connectivity index (χ0v) is 10.7. The quantitative estimate of drug-likeness (QED) is 0.929. The second-order valence-electron chi connectivity index (χ2n) is 3.39. The highest BCUT2D eigenvalue weighted by Crippen LogP contribution is 2.21. The van der Waals surface area contributed by atoms with Crippen molar-refractivity contribution in [3.63, 3.8) is 0 Å². The Balaban J connectivity index is 2.01. The van der Waals surface area contributed by atoms with Crippen LogP contribution >= 0.6 is 22.9 Å². The molecule has 2 heterocycles. The van der Waals surface area contributed by atoms with Crippen LogP contribution in [-0.4, -0.2) is 15.9 Å². The van der Waals surface area contributed by atoms with Gasteiger partial charge in [-0.25, -0.2) is 4.98 Å². The lowest BCUT2D eigenvalue weighted by molar-refractivity contribution is 0.0953. The third-order valence-corrected chi connectivity index (χ3v) is 3.39. The lowest BCUT2D eigenvalue weighted by Gasteiger charge is -2.02. The van der Waals surface area contributed by atoms with E-state index in [1.54, 1.807) is 13.1 Å². The third kappa shape index (κ3) is 3.01. The van der Waals surface area contributed by atoms with Gasteiger partial charge in [-0.05, 0) is 19.1 Å². The minimum absolute atomic E-state index is 0.169. The van der Waals surface area contributed by atoms with Crippen molar-refractivity contribution in [1.82, 2.24) is 15.3 Å². The van der Waals surface area contributed by atoms with Crippen molar-refractivity contribution in [1.29, 1.82) is 0 Å². The zero-order valence-electron chi connectivity index (χ0n) is 9.11. The van der Waals surface area contributed by atoms with Crippen LogP contribution in [0.4, 0.5) is 0 Å². The maximum atomic E-state index is 11.8. The summed E-state index contributed by atoms with van der Waals surface area (Å²) in [7, 11) is 0. The molecule has 2 rings (SSSR count). The molecular weight excluding hydrogens is 258 g/mol. The van der Waals surface area contributed by atoms with E-state index in [1.807, 2.05) is 18.2 Å². The third-order valence-electron chi connectivity index (χ3n) is 2.13. The Labute approximate surface area is 108 Å². The van der Waals surface area contributed by atoms with Crippen LogP contribution in [-0.2, 0) is 6.54 Å². The Bertz CT molecular complexity index is 527. The Morgan fingerprint density at radius 3 is 2.94 bits per heavy atom. The number of thiazole rings is 1. The van der Waals surface area contributed by atoms with E-state index in [0.29, 0.717) is 21.6 Å². The number of rotatable bonds is 3. The fourth-order valence-electron chi connectivity index (χ4n) is 1.33. The highest BCUT2D eigenvalue weighted by atomic mass is 35.5. The van der Waals surface area contributed by atoms with E-state index in [1.165, 1.54) is 11.3 Å². The van der Waals surface area contributed by atoms with Crippen LogP contribution in [0.5, 0.6) is 0 Å². The summed E-state index contributed by atoms with van der Waals surface area (Å²) >= 11 is 6.92. The molecule has 0 fully saturated rings. The summed E-state index contributed by atoms with van der Waals surface area (Å²) < 4.78 is 0.380. The summed E-state index contributed by atoms with van der Waals surface area (Å²) in [5.41, 5.74) is 1.47. The molecule has 4 nitrogen and oxygen atoms in total. The molecule has 0 aliphatic rings. The van der Waals surface area contributed by atoms with Crippen LogP contribution in [0, 0.1) is 6.92 Å². The maximum absolute atomic E-state index is 11.8. The van der Waals surface area contributed by atoms with E-state index >= 15 is 0 Å². The monoisotopic (exact) mass is 267 g/mol. The number of carbonyl (C=O) groups excluding carboxylic acids is 1. The normalized spacial score (nSPS) is 10.2. The average Bonchev–Trinajstić information content (AvgIpc) is 2.67.